The molecule has 1 atom stereocenters. The zero-order chi connectivity index (χ0) is 17.7. The maximum Gasteiger partial charge on any atom is 0.371 e. The maximum absolute atomic E-state index is 12.2. The molecule has 8 heteroatoms. The van der Waals surface area contributed by atoms with Crippen molar-refractivity contribution in [2.75, 3.05) is 19.0 Å². The number of amides is 1. The number of hydrogen-bond donors (Lipinski definition) is 2. The molecule has 0 bridgehead atoms. The fourth-order valence-electron chi connectivity index (χ4n) is 1.95. The molecule has 0 spiro atoms. The summed E-state index contributed by atoms with van der Waals surface area (Å²) in [5.41, 5.74) is 0.337. The second-order valence-corrected chi connectivity index (χ2v) is 5.38. The lowest BCUT2D eigenvalue weighted by Gasteiger charge is -2.17. The standard InChI is InChI=1S/C16H16ClNO6/c1-9(8-22-2)23-12-4-3-10(17)7-11(12)18-15(19)13-5-6-14(24-13)16(20)21/h3-7,9H,8H2,1-2H3,(H,18,19)(H,20,21). The Kier molecular flexibility index (Phi) is 5.83. The third kappa shape index (κ3) is 4.50. The van der Waals surface area contributed by atoms with E-state index in [2.05, 4.69) is 5.32 Å². The minimum absolute atomic E-state index is 0.136. The molecule has 2 rings (SSSR count). The Morgan fingerprint density at radius 2 is 2.00 bits per heavy atom. The lowest BCUT2D eigenvalue weighted by molar-refractivity contribution is 0.0660. The first-order chi connectivity index (χ1) is 11.4. The molecule has 1 aromatic carbocycles. The van der Waals surface area contributed by atoms with Gasteiger partial charge in [0, 0.05) is 12.1 Å². The molecule has 0 aliphatic rings. The number of carboxylic acids is 1. The highest BCUT2D eigenvalue weighted by Crippen LogP contribution is 2.29. The smallest absolute Gasteiger partial charge is 0.371 e. The van der Waals surface area contributed by atoms with Crippen molar-refractivity contribution in [3.05, 3.63) is 46.9 Å². The first-order valence-corrected chi connectivity index (χ1v) is 7.38. The summed E-state index contributed by atoms with van der Waals surface area (Å²) < 4.78 is 15.7. The molecule has 24 heavy (non-hydrogen) atoms. The van der Waals surface area contributed by atoms with Crippen LogP contribution in [0.3, 0.4) is 0 Å². The third-order valence-corrected chi connectivity index (χ3v) is 3.20. The molecule has 0 aliphatic heterocycles. The molecule has 128 valence electrons. The zero-order valence-electron chi connectivity index (χ0n) is 13.0. The first-order valence-electron chi connectivity index (χ1n) is 7.00. The number of carbonyl (C=O) groups excluding carboxylic acids is 1. The molecule has 1 heterocycles. The van der Waals surface area contributed by atoms with E-state index in [1.54, 1.807) is 19.2 Å². The highest BCUT2D eigenvalue weighted by molar-refractivity contribution is 6.31. The van der Waals surface area contributed by atoms with Crippen LogP contribution in [0.5, 0.6) is 5.75 Å². The average molecular weight is 354 g/mol. The highest BCUT2D eigenvalue weighted by Gasteiger charge is 2.17. The fraction of sp³-hybridized carbons (Fsp3) is 0.250. The quantitative estimate of drug-likeness (QED) is 0.792. The summed E-state index contributed by atoms with van der Waals surface area (Å²) in [7, 11) is 1.56. The molecule has 0 fully saturated rings. The zero-order valence-corrected chi connectivity index (χ0v) is 13.8. The van der Waals surface area contributed by atoms with Crippen LogP contribution < -0.4 is 10.1 Å². The number of aromatic carboxylic acids is 1. The van der Waals surface area contributed by atoms with Gasteiger partial charge in [0.25, 0.3) is 5.91 Å². The molecule has 0 aliphatic carbocycles. The SMILES string of the molecule is COCC(C)Oc1ccc(Cl)cc1NC(=O)c1ccc(C(=O)O)o1. The molecule has 0 saturated carbocycles. The van der Waals surface area contributed by atoms with Crippen molar-refractivity contribution in [2.45, 2.75) is 13.0 Å². The number of halogens is 1. The van der Waals surface area contributed by atoms with E-state index in [9.17, 15) is 9.59 Å². The number of benzene rings is 1. The summed E-state index contributed by atoms with van der Waals surface area (Å²) in [4.78, 5) is 23.0. The number of hydrogen-bond acceptors (Lipinski definition) is 5. The number of carboxylic acid groups (broad SMARTS) is 1. The van der Waals surface area contributed by atoms with Crippen molar-refractivity contribution in [1.82, 2.24) is 0 Å². The van der Waals surface area contributed by atoms with Crippen LogP contribution in [0.1, 0.15) is 28.0 Å². The van der Waals surface area contributed by atoms with Crippen molar-refractivity contribution in [3.8, 4) is 5.75 Å². The number of rotatable bonds is 7. The minimum atomic E-state index is -1.26. The number of furan rings is 1. The van der Waals surface area contributed by atoms with Crippen LogP contribution in [-0.2, 0) is 4.74 Å². The number of ether oxygens (including phenoxy) is 2. The normalized spacial score (nSPS) is 11.8. The molecule has 7 nitrogen and oxygen atoms in total. The van der Waals surface area contributed by atoms with Crippen LogP contribution in [0.25, 0.3) is 0 Å². The van der Waals surface area contributed by atoms with Crippen molar-refractivity contribution >= 4 is 29.2 Å². The molecular weight excluding hydrogens is 338 g/mol. The molecular formula is C16H16ClNO6. The Balaban J connectivity index is 2.19. The average Bonchev–Trinajstić information content (AvgIpc) is 3.00. The Hall–Kier alpha value is -2.51. The van der Waals surface area contributed by atoms with E-state index in [-0.39, 0.29) is 17.6 Å². The number of methoxy groups -OCH3 is 1. The van der Waals surface area contributed by atoms with Gasteiger partial charge >= 0.3 is 5.97 Å². The van der Waals surface area contributed by atoms with Gasteiger partial charge in [-0.25, -0.2) is 4.79 Å². The predicted octanol–water partition coefficient (Wildman–Crippen LogP) is 3.30. The lowest BCUT2D eigenvalue weighted by Crippen LogP contribution is -2.19. The molecule has 2 N–H and O–H groups in total. The maximum atomic E-state index is 12.2. The summed E-state index contributed by atoms with van der Waals surface area (Å²) in [5.74, 6) is -1.93. The van der Waals surface area contributed by atoms with Gasteiger partial charge in [0.2, 0.25) is 5.76 Å². The van der Waals surface area contributed by atoms with E-state index < -0.39 is 11.9 Å². The van der Waals surface area contributed by atoms with Crippen molar-refractivity contribution in [3.63, 3.8) is 0 Å². The Bertz CT molecular complexity index is 742. The molecule has 1 aromatic heterocycles. The molecule has 0 radical (unpaired) electrons. The van der Waals surface area contributed by atoms with Crippen molar-refractivity contribution < 1.29 is 28.6 Å². The van der Waals surface area contributed by atoms with Gasteiger partial charge in [-0.2, -0.15) is 0 Å². The topological polar surface area (TPSA) is 98.0 Å². The van der Waals surface area contributed by atoms with Gasteiger partial charge in [0.15, 0.2) is 5.76 Å². The summed E-state index contributed by atoms with van der Waals surface area (Å²) in [6.45, 7) is 2.19. The fourth-order valence-corrected chi connectivity index (χ4v) is 2.12. The highest BCUT2D eigenvalue weighted by atomic mass is 35.5. The monoisotopic (exact) mass is 353 g/mol. The summed E-state index contributed by atoms with van der Waals surface area (Å²) in [6.07, 6.45) is -0.242. The molecule has 1 amide bonds. The number of anilines is 1. The Morgan fingerprint density at radius 1 is 1.29 bits per heavy atom. The summed E-state index contributed by atoms with van der Waals surface area (Å²) in [6, 6.07) is 7.25. The lowest BCUT2D eigenvalue weighted by atomic mass is 10.2. The Morgan fingerprint density at radius 3 is 2.62 bits per heavy atom. The van der Waals surface area contributed by atoms with Gasteiger partial charge in [0.1, 0.15) is 11.9 Å². The van der Waals surface area contributed by atoms with Crippen LogP contribution in [0.15, 0.2) is 34.7 Å². The second-order valence-electron chi connectivity index (χ2n) is 4.95. The van der Waals surface area contributed by atoms with Crippen LogP contribution in [0.4, 0.5) is 5.69 Å². The minimum Gasteiger partial charge on any atom is -0.486 e. The van der Waals surface area contributed by atoms with E-state index in [0.717, 1.165) is 0 Å². The van der Waals surface area contributed by atoms with Crippen LogP contribution >= 0.6 is 11.6 Å². The third-order valence-electron chi connectivity index (χ3n) is 2.96. The van der Waals surface area contributed by atoms with Crippen molar-refractivity contribution in [1.29, 1.82) is 0 Å². The molecule has 0 saturated heterocycles. The Labute approximate surface area is 143 Å². The molecule has 2 aromatic rings. The van der Waals surface area contributed by atoms with E-state index in [4.69, 9.17) is 30.6 Å². The van der Waals surface area contributed by atoms with E-state index in [1.165, 1.54) is 18.2 Å². The molecule has 1 unspecified atom stereocenters. The van der Waals surface area contributed by atoms with Crippen LogP contribution in [0, 0.1) is 0 Å². The second kappa shape index (κ2) is 7.85. The largest absolute Gasteiger partial charge is 0.486 e. The van der Waals surface area contributed by atoms with Gasteiger partial charge in [-0.15, -0.1) is 0 Å². The number of nitrogens with one attached hydrogen (secondary N) is 1. The first kappa shape index (κ1) is 17.8. The predicted molar refractivity (Wildman–Crippen MR) is 87.0 cm³/mol. The van der Waals surface area contributed by atoms with E-state index in [1.807, 2.05) is 6.92 Å². The van der Waals surface area contributed by atoms with E-state index >= 15 is 0 Å². The van der Waals surface area contributed by atoms with Crippen LogP contribution in [0.2, 0.25) is 5.02 Å². The van der Waals surface area contributed by atoms with Gasteiger partial charge in [-0.3, -0.25) is 4.79 Å². The van der Waals surface area contributed by atoms with Gasteiger partial charge < -0.3 is 24.3 Å². The summed E-state index contributed by atoms with van der Waals surface area (Å²) >= 11 is 5.96. The van der Waals surface area contributed by atoms with Gasteiger partial charge in [-0.05, 0) is 37.3 Å². The van der Waals surface area contributed by atoms with E-state index in [0.29, 0.717) is 23.1 Å². The van der Waals surface area contributed by atoms with Crippen molar-refractivity contribution in [2.24, 2.45) is 0 Å². The van der Waals surface area contributed by atoms with Gasteiger partial charge in [0.05, 0.1) is 12.3 Å². The number of carbonyl (C=O) groups is 2. The van der Waals surface area contributed by atoms with Crippen LogP contribution in [-0.4, -0.2) is 36.8 Å². The van der Waals surface area contributed by atoms with Gasteiger partial charge in [-0.1, -0.05) is 11.6 Å². The summed E-state index contributed by atoms with van der Waals surface area (Å²) in [5, 5.41) is 11.8.